The van der Waals surface area contributed by atoms with Crippen LogP contribution in [0.25, 0.3) is 11.3 Å². The fourth-order valence-corrected chi connectivity index (χ4v) is 1.87. The van der Waals surface area contributed by atoms with E-state index in [9.17, 15) is 10.1 Å². The van der Waals surface area contributed by atoms with Gasteiger partial charge in [-0.3, -0.25) is 10.1 Å². The summed E-state index contributed by atoms with van der Waals surface area (Å²) >= 11 is 0. The van der Waals surface area contributed by atoms with Crippen molar-refractivity contribution in [3.8, 4) is 17.3 Å². The SMILES string of the molecule is CCCNc1ncnc(-c2cccc(C#N)c2)c1[N+](=O)[O-]. The topological polar surface area (TPSA) is 105 Å². The van der Waals surface area contributed by atoms with Crippen LogP contribution in [0, 0.1) is 21.4 Å². The normalized spacial score (nSPS) is 9.90. The van der Waals surface area contributed by atoms with Crippen LogP contribution in [0.1, 0.15) is 18.9 Å². The molecule has 0 aliphatic rings. The number of anilines is 1. The lowest BCUT2D eigenvalue weighted by Gasteiger charge is -2.08. The third-order valence-electron chi connectivity index (χ3n) is 2.81. The minimum atomic E-state index is -0.508. The molecule has 2 rings (SSSR count). The first-order chi connectivity index (χ1) is 10.2. The largest absolute Gasteiger partial charge is 0.364 e. The second kappa shape index (κ2) is 6.43. The molecule has 1 aromatic carbocycles. The van der Waals surface area contributed by atoms with Gasteiger partial charge in [0.1, 0.15) is 6.33 Å². The lowest BCUT2D eigenvalue weighted by molar-refractivity contribution is -0.383. The first kappa shape index (κ1) is 14.4. The number of aromatic nitrogens is 2. The molecular weight excluding hydrogens is 270 g/mol. The molecule has 0 aliphatic heterocycles. The summed E-state index contributed by atoms with van der Waals surface area (Å²) < 4.78 is 0. The van der Waals surface area contributed by atoms with E-state index in [1.807, 2.05) is 13.0 Å². The molecule has 106 valence electrons. The molecule has 0 amide bonds. The number of hydrogen-bond acceptors (Lipinski definition) is 6. The zero-order chi connectivity index (χ0) is 15.2. The van der Waals surface area contributed by atoms with Crippen LogP contribution in [0.2, 0.25) is 0 Å². The molecule has 0 spiro atoms. The van der Waals surface area contributed by atoms with Crippen molar-refractivity contribution >= 4 is 11.5 Å². The summed E-state index contributed by atoms with van der Waals surface area (Å²) in [6, 6.07) is 8.55. The van der Waals surface area contributed by atoms with Gasteiger partial charge in [0.25, 0.3) is 0 Å². The fraction of sp³-hybridized carbons (Fsp3) is 0.214. The average molecular weight is 283 g/mol. The predicted octanol–water partition coefficient (Wildman–Crippen LogP) is 2.75. The van der Waals surface area contributed by atoms with Gasteiger partial charge in [0.15, 0.2) is 5.69 Å². The maximum absolute atomic E-state index is 11.4. The Morgan fingerprint density at radius 1 is 1.43 bits per heavy atom. The number of benzene rings is 1. The lowest BCUT2D eigenvalue weighted by Crippen LogP contribution is -2.07. The second-order valence-corrected chi connectivity index (χ2v) is 4.30. The Morgan fingerprint density at radius 3 is 2.90 bits per heavy atom. The van der Waals surface area contributed by atoms with E-state index in [2.05, 4.69) is 15.3 Å². The van der Waals surface area contributed by atoms with Gasteiger partial charge in [-0.1, -0.05) is 19.1 Å². The van der Waals surface area contributed by atoms with Gasteiger partial charge in [0.2, 0.25) is 5.82 Å². The Bertz CT molecular complexity index is 709. The molecule has 0 saturated carbocycles. The Hall–Kier alpha value is -3.01. The smallest absolute Gasteiger partial charge is 0.337 e. The predicted molar refractivity (Wildman–Crippen MR) is 77.6 cm³/mol. The minimum Gasteiger partial charge on any atom is -0.364 e. The van der Waals surface area contributed by atoms with E-state index in [1.54, 1.807) is 24.3 Å². The lowest BCUT2D eigenvalue weighted by atomic mass is 10.1. The van der Waals surface area contributed by atoms with Crippen LogP contribution in [-0.4, -0.2) is 21.4 Å². The molecule has 0 saturated heterocycles. The van der Waals surface area contributed by atoms with Crippen molar-refractivity contribution in [3.05, 3.63) is 46.3 Å². The molecule has 1 aromatic heterocycles. The molecule has 0 radical (unpaired) electrons. The van der Waals surface area contributed by atoms with Crippen LogP contribution >= 0.6 is 0 Å². The molecule has 0 atom stereocenters. The van der Waals surface area contributed by atoms with Crippen molar-refractivity contribution in [2.45, 2.75) is 13.3 Å². The molecule has 2 aromatic rings. The quantitative estimate of drug-likeness (QED) is 0.668. The molecule has 0 unspecified atom stereocenters. The molecule has 0 aliphatic carbocycles. The van der Waals surface area contributed by atoms with Gasteiger partial charge in [-0.05, 0) is 18.6 Å². The van der Waals surface area contributed by atoms with Crippen LogP contribution in [-0.2, 0) is 0 Å². The molecule has 21 heavy (non-hydrogen) atoms. The van der Waals surface area contributed by atoms with E-state index in [0.29, 0.717) is 17.7 Å². The molecule has 0 fully saturated rings. The molecule has 7 nitrogen and oxygen atoms in total. The zero-order valence-corrected chi connectivity index (χ0v) is 11.4. The van der Waals surface area contributed by atoms with Crippen molar-refractivity contribution < 1.29 is 4.92 Å². The molecule has 1 heterocycles. The second-order valence-electron chi connectivity index (χ2n) is 4.30. The van der Waals surface area contributed by atoms with Crippen molar-refractivity contribution in [1.82, 2.24) is 9.97 Å². The number of nitro groups is 1. The van der Waals surface area contributed by atoms with E-state index < -0.39 is 4.92 Å². The summed E-state index contributed by atoms with van der Waals surface area (Å²) in [4.78, 5) is 18.8. The first-order valence-electron chi connectivity index (χ1n) is 6.41. The van der Waals surface area contributed by atoms with Gasteiger partial charge >= 0.3 is 5.69 Å². The van der Waals surface area contributed by atoms with Crippen molar-refractivity contribution in [2.75, 3.05) is 11.9 Å². The highest BCUT2D eigenvalue weighted by Gasteiger charge is 2.23. The Balaban J connectivity index is 2.57. The van der Waals surface area contributed by atoms with E-state index in [0.717, 1.165) is 6.42 Å². The van der Waals surface area contributed by atoms with Crippen LogP contribution in [0.3, 0.4) is 0 Å². The Kier molecular flexibility index (Phi) is 4.41. The molecule has 7 heteroatoms. The highest BCUT2D eigenvalue weighted by atomic mass is 16.6. The Morgan fingerprint density at radius 2 is 2.24 bits per heavy atom. The summed E-state index contributed by atoms with van der Waals surface area (Å²) in [5.41, 5.74) is 0.956. The van der Waals surface area contributed by atoms with Crippen molar-refractivity contribution in [1.29, 1.82) is 5.26 Å². The van der Waals surface area contributed by atoms with E-state index in [-0.39, 0.29) is 17.2 Å². The van der Waals surface area contributed by atoms with E-state index in [1.165, 1.54) is 6.33 Å². The molecule has 1 N–H and O–H groups in total. The van der Waals surface area contributed by atoms with E-state index >= 15 is 0 Å². The summed E-state index contributed by atoms with van der Waals surface area (Å²) in [5.74, 6) is 0.189. The van der Waals surface area contributed by atoms with Crippen LogP contribution in [0.5, 0.6) is 0 Å². The van der Waals surface area contributed by atoms with Crippen molar-refractivity contribution in [3.63, 3.8) is 0 Å². The highest BCUT2D eigenvalue weighted by Crippen LogP contribution is 2.32. The zero-order valence-electron chi connectivity index (χ0n) is 11.4. The fourth-order valence-electron chi connectivity index (χ4n) is 1.87. The van der Waals surface area contributed by atoms with Gasteiger partial charge in [-0.15, -0.1) is 0 Å². The molecule has 0 bridgehead atoms. The monoisotopic (exact) mass is 283 g/mol. The first-order valence-corrected chi connectivity index (χ1v) is 6.41. The third kappa shape index (κ3) is 3.12. The highest BCUT2D eigenvalue weighted by molar-refractivity contribution is 5.77. The standard InChI is InChI=1S/C14H13N5O2/c1-2-6-16-14-13(19(20)21)12(17-9-18-14)11-5-3-4-10(7-11)8-15/h3-5,7,9H,2,6H2,1H3,(H,16,17,18). The number of nitrogens with zero attached hydrogens (tertiary/aromatic N) is 4. The van der Waals surface area contributed by atoms with Crippen LogP contribution < -0.4 is 5.32 Å². The van der Waals surface area contributed by atoms with Gasteiger partial charge < -0.3 is 5.32 Å². The van der Waals surface area contributed by atoms with Gasteiger partial charge in [0.05, 0.1) is 16.6 Å². The van der Waals surface area contributed by atoms with Gasteiger partial charge in [-0.2, -0.15) is 5.26 Å². The van der Waals surface area contributed by atoms with E-state index in [4.69, 9.17) is 5.26 Å². The number of hydrogen-bond donors (Lipinski definition) is 1. The number of nitrogens with one attached hydrogen (secondary N) is 1. The number of rotatable bonds is 5. The average Bonchev–Trinajstić information content (AvgIpc) is 2.52. The maximum atomic E-state index is 11.4. The summed E-state index contributed by atoms with van der Waals surface area (Å²) in [6.45, 7) is 2.53. The van der Waals surface area contributed by atoms with Gasteiger partial charge in [0, 0.05) is 12.1 Å². The van der Waals surface area contributed by atoms with Gasteiger partial charge in [-0.25, -0.2) is 9.97 Å². The van der Waals surface area contributed by atoms with Crippen molar-refractivity contribution in [2.24, 2.45) is 0 Å². The Labute approximate surface area is 121 Å². The molecular formula is C14H13N5O2. The maximum Gasteiger partial charge on any atom is 0.337 e. The summed E-state index contributed by atoms with van der Waals surface area (Å²) in [7, 11) is 0. The summed E-state index contributed by atoms with van der Waals surface area (Å²) in [5, 5.41) is 23.2. The number of nitriles is 1. The summed E-state index contributed by atoms with van der Waals surface area (Å²) in [6.07, 6.45) is 2.10. The van der Waals surface area contributed by atoms with Crippen LogP contribution in [0.15, 0.2) is 30.6 Å². The van der Waals surface area contributed by atoms with Crippen LogP contribution in [0.4, 0.5) is 11.5 Å². The minimum absolute atomic E-state index is 0.180. The third-order valence-corrected chi connectivity index (χ3v) is 2.81.